The number of hydrogen-bond acceptors (Lipinski definition) is 6. The van der Waals surface area contributed by atoms with Crippen molar-refractivity contribution in [2.75, 3.05) is 6.54 Å². The average Bonchev–Trinajstić information content (AvgIpc) is 3.08. The minimum absolute atomic E-state index is 0.0575. The molecule has 0 aliphatic heterocycles. The number of amides is 1. The first-order valence-corrected chi connectivity index (χ1v) is 19.0. The third-order valence-corrected chi connectivity index (χ3v) is 9.54. The van der Waals surface area contributed by atoms with Crippen molar-refractivity contribution in [3.05, 3.63) is 82.0 Å². The third kappa shape index (κ3) is 17.1. The fourth-order valence-corrected chi connectivity index (χ4v) is 6.63. The van der Waals surface area contributed by atoms with Gasteiger partial charge in [-0.15, -0.1) is 0 Å². The van der Waals surface area contributed by atoms with Crippen LogP contribution >= 0.6 is 11.8 Å². The number of halogens is 1. The fraction of sp³-hybridized carbons (Fsp3) is 0.605. The first-order chi connectivity index (χ1) is 23.0. The number of carbonyl (C=O) groups excluding carboxylic acids is 1. The molecule has 0 radical (unpaired) electrons. The van der Waals surface area contributed by atoms with Crippen molar-refractivity contribution in [3.63, 3.8) is 0 Å². The molecule has 0 aliphatic rings. The number of unbranched alkanes of at least 4 members (excludes halogenated alkanes) is 15. The molecule has 47 heavy (non-hydrogen) atoms. The standard InChI is InChI=1S/C38H56FN5O2S/c1-2-3-4-5-6-7-8-9-10-11-12-13-14-15-16-17-24-42-36(45)19-18-25-44-29-34(26-33-27-40-31-41-28-33)37(46)43-38(44)47-30-32-20-22-35(39)23-21-32/h20-23,27-29,31H,2-19,24-26,30H2,1H3,(H,42,45). The number of hydrogen-bond donors (Lipinski definition) is 1. The van der Waals surface area contributed by atoms with Crippen LogP contribution in [-0.2, 0) is 23.5 Å². The second-order valence-corrected chi connectivity index (χ2v) is 13.6. The summed E-state index contributed by atoms with van der Waals surface area (Å²) in [4.78, 5) is 37.9. The van der Waals surface area contributed by atoms with Crippen LogP contribution < -0.4 is 10.9 Å². The second kappa shape index (κ2) is 24.1. The number of rotatable bonds is 26. The molecule has 1 N–H and O–H groups in total. The van der Waals surface area contributed by atoms with Crippen LogP contribution in [0.15, 0.2) is 59.1 Å². The normalized spacial score (nSPS) is 11.2. The van der Waals surface area contributed by atoms with Crippen LogP contribution in [0, 0.1) is 5.82 Å². The summed E-state index contributed by atoms with van der Waals surface area (Å²) in [6, 6.07) is 6.33. The molecule has 3 rings (SSSR count). The van der Waals surface area contributed by atoms with Gasteiger partial charge in [0.05, 0.1) is 0 Å². The molecule has 0 aliphatic carbocycles. The molecule has 2 heterocycles. The van der Waals surface area contributed by atoms with E-state index in [-0.39, 0.29) is 17.3 Å². The van der Waals surface area contributed by atoms with E-state index in [0.29, 0.717) is 42.3 Å². The van der Waals surface area contributed by atoms with Gasteiger partial charge in [-0.05, 0) is 36.1 Å². The van der Waals surface area contributed by atoms with E-state index >= 15 is 0 Å². The van der Waals surface area contributed by atoms with Gasteiger partial charge in [0, 0.05) is 55.8 Å². The number of aromatic nitrogens is 4. The molecule has 258 valence electrons. The highest BCUT2D eigenvalue weighted by Crippen LogP contribution is 2.22. The Balaban J connectivity index is 1.30. The summed E-state index contributed by atoms with van der Waals surface area (Å²) in [5, 5.41) is 3.66. The molecule has 0 spiro atoms. The molecule has 2 aromatic heterocycles. The van der Waals surface area contributed by atoms with E-state index in [9.17, 15) is 14.0 Å². The zero-order valence-corrected chi connectivity index (χ0v) is 29.4. The van der Waals surface area contributed by atoms with Crippen molar-refractivity contribution in [2.24, 2.45) is 0 Å². The lowest BCUT2D eigenvalue weighted by atomic mass is 10.0. The Morgan fingerprint density at radius 1 is 0.787 bits per heavy atom. The fourth-order valence-electron chi connectivity index (χ4n) is 5.69. The predicted octanol–water partition coefficient (Wildman–Crippen LogP) is 9.21. The maximum absolute atomic E-state index is 13.3. The van der Waals surface area contributed by atoms with E-state index in [1.807, 2.05) is 10.8 Å². The zero-order valence-electron chi connectivity index (χ0n) is 28.6. The summed E-state index contributed by atoms with van der Waals surface area (Å²) in [6.45, 7) is 3.56. The molecule has 0 atom stereocenters. The topological polar surface area (TPSA) is 89.8 Å². The minimum Gasteiger partial charge on any atom is -0.356 e. The van der Waals surface area contributed by atoms with Gasteiger partial charge in [0.2, 0.25) is 5.91 Å². The van der Waals surface area contributed by atoms with Gasteiger partial charge in [-0.2, -0.15) is 4.98 Å². The first-order valence-electron chi connectivity index (χ1n) is 18.0. The summed E-state index contributed by atoms with van der Waals surface area (Å²) in [5.41, 5.74) is 2.04. The van der Waals surface area contributed by atoms with Crippen LogP contribution in [0.3, 0.4) is 0 Å². The van der Waals surface area contributed by atoms with Gasteiger partial charge in [0.1, 0.15) is 12.1 Å². The van der Waals surface area contributed by atoms with Crippen LogP contribution in [0.4, 0.5) is 4.39 Å². The smallest absolute Gasteiger partial charge is 0.277 e. The Kier molecular flexibility index (Phi) is 19.7. The Hall–Kier alpha value is -3.07. The lowest BCUT2D eigenvalue weighted by molar-refractivity contribution is -0.121. The minimum atomic E-state index is -0.289. The lowest BCUT2D eigenvalue weighted by Gasteiger charge is -2.14. The highest BCUT2D eigenvalue weighted by atomic mass is 32.2. The SMILES string of the molecule is CCCCCCCCCCCCCCCCCCNC(=O)CCCn1cc(Cc2cncnc2)c(=O)nc1SCc1ccc(F)cc1. The van der Waals surface area contributed by atoms with Crippen molar-refractivity contribution in [3.8, 4) is 0 Å². The largest absolute Gasteiger partial charge is 0.356 e. The number of aryl methyl sites for hydroxylation is 1. The summed E-state index contributed by atoms with van der Waals surface area (Å²) >= 11 is 1.43. The van der Waals surface area contributed by atoms with E-state index in [2.05, 4.69) is 27.2 Å². The van der Waals surface area contributed by atoms with Crippen molar-refractivity contribution < 1.29 is 9.18 Å². The number of nitrogens with one attached hydrogen (secondary N) is 1. The van der Waals surface area contributed by atoms with Gasteiger partial charge >= 0.3 is 0 Å². The molecular formula is C38H56FN5O2S. The quantitative estimate of drug-likeness (QED) is 0.0522. The number of carbonyl (C=O) groups is 1. The van der Waals surface area contributed by atoms with Gasteiger partial charge in [-0.25, -0.2) is 14.4 Å². The molecule has 0 saturated carbocycles. The van der Waals surface area contributed by atoms with Crippen LogP contribution in [0.2, 0.25) is 0 Å². The molecule has 3 aromatic rings. The third-order valence-electron chi connectivity index (χ3n) is 8.47. The average molecular weight is 666 g/mol. The van der Waals surface area contributed by atoms with Crippen LogP contribution in [-0.4, -0.2) is 32.0 Å². The molecule has 0 unspecified atom stereocenters. The maximum Gasteiger partial charge on any atom is 0.277 e. The number of thioether (sulfide) groups is 1. The Morgan fingerprint density at radius 2 is 1.36 bits per heavy atom. The summed E-state index contributed by atoms with van der Waals surface area (Å²) in [7, 11) is 0. The van der Waals surface area contributed by atoms with Crippen molar-refractivity contribution in [2.45, 2.75) is 146 Å². The van der Waals surface area contributed by atoms with Gasteiger partial charge in [0.15, 0.2) is 5.16 Å². The van der Waals surface area contributed by atoms with Crippen molar-refractivity contribution in [1.82, 2.24) is 24.8 Å². The predicted molar refractivity (Wildman–Crippen MR) is 191 cm³/mol. The van der Waals surface area contributed by atoms with E-state index in [4.69, 9.17) is 0 Å². The van der Waals surface area contributed by atoms with E-state index in [1.165, 1.54) is 120 Å². The van der Waals surface area contributed by atoms with Gasteiger partial charge < -0.3 is 9.88 Å². The van der Waals surface area contributed by atoms with E-state index in [1.54, 1.807) is 24.5 Å². The number of benzene rings is 1. The summed E-state index contributed by atoms with van der Waals surface area (Å²) in [5.74, 6) is 0.330. The summed E-state index contributed by atoms with van der Waals surface area (Å²) < 4.78 is 15.3. The Labute approximate surface area is 286 Å². The molecule has 7 nitrogen and oxygen atoms in total. The van der Waals surface area contributed by atoms with E-state index < -0.39 is 0 Å². The molecule has 0 saturated heterocycles. The van der Waals surface area contributed by atoms with Gasteiger partial charge in [-0.1, -0.05) is 127 Å². The number of nitrogens with zero attached hydrogens (tertiary/aromatic N) is 4. The summed E-state index contributed by atoms with van der Waals surface area (Å²) in [6.07, 6.45) is 29.5. The molecule has 1 aromatic carbocycles. The van der Waals surface area contributed by atoms with Crippen LogP contribution in [0.25, 0.3) is 0 Å². The molecular weight excluding hydrogens is 610 g/mol. The first kappa shape index (κ1) is 38.4. The molecule has 0 fully saturated rings. The van der Waals surface area contributed by atoms with Crippen molar-refractivity contribution >= 4 is 17.7 Å². The van der Waals surface area contributed by atoms with Crippen molar-refractivity contribution in [1.29, 1.82) is 0 Å². The maximum atomic E-state index is 13.3. The van der Waals surface area contributed by atoms with Crippen LogP contribution in [0.1, 0.15) is 139 Å². The Morgan fingerprint density at radius 3 is 1.96 bits per heavy atom. The molecule has 1 amide bonds. The lowest BCUT2D eigenvalue weighted by Crippen LogP contribution is -2.25. The monoisotopic (exact) mass is 665 g/mol. The highest BCUT2D eigenvalue weighted by molar-refractivity contribution is 7.98. The molecule has 0 bridgehead atoms. The zero-order chi connectivity index (χ0) is 33.4. The second-order valence-electron chi connectivity index (χ2n) is 12.6. The van der Waals surface area contributed by atoms with Crippen LogP contribution in [0.5, 0.6) is 0 Å². The van der Waals surface area contributed by atoms with Gasteiger partial charge in [-0.3, -0.25) is 9.59 Å². The highest BCUT2D eigenvalue weighted by Gasteiger charge is 2.12. The van der Waals surface area contributed by atoms with Gasteiger partial charge in [0.25, 0.3) is 5.56 Å². The van der Waals surface area contributed by atoms with E-state index in [0.717, 1.165) is 30.5 Å². The Bertz CT molecular complexity index is 1320. The molecule has 9 heteroatoms.